The maximum Gasteiger partial charge on any atom is 0.287 e. The highest BCUT2D eigenvalue weighted by Gasteiger charge is 2.20. The number of hydrogen-bond acceptors (Lipinski definition) is 5. The summed E-state index contributed by atoms with van der Waals surface area (Å²) in [6.07, 6.45) is 4.40. The molecule has 0 aliphatic carbocycles. The van der Waals surface area contributed by atoms with Crippen molar-refractivity contribution in [3.63, 3.8) is 0 Å². The van der Waals surface area contributed by atoms with Crippen LogP contribution in [0, 0.1) is 0 Å². The fourth-order valence-electron chi connectivity index (χ4n) is 3.96. The Labute approximate surface area is 160 Å². The number of aromatic nitrogens is 2. The van der Waals surface area contributed by atoms with E-state index in [0.29, 0.717) is 12.3 Å². The average Bonchev–Trinajstić information content (AvgIpc) is 3.38. The molecule has 1 amide bonds. The van der Waals surface area contributed by atoms with Crippen molar-refractivity contribution in [3.8, 4) is 0 Å². The van der Waals surface area contributed by atoms with Crippen LogP contribution in [0.3, 0.4) is 0 Å². The Morgan fingerprint density at radius 1 is 1.26 bits per heavy atom. The van der Waals surface area contributed by atoms with Gasteiger partial charge >= 0.3 is 0 Å². The summed E-state index contributed by atoms with van der Waals surface area (Å²) in [5, 5.41) is 10.9. The van der Waals surface area contributed by atoms with Crippen molar-refractivity contribution in [2.75, 3.05) is 19.6 Å². The Morgan fingerprint density at radius 3 is 2.93 bits per heavy atom. The molecule has 0 aromatic carbocycles. The van der Waals surface area contributed by atoms with E-state index in [9.17, 15) is 4.79 Å². The van der Waals surface area contributed by atoms with Crippen LogP contribution in [0.1, 0.15) is 59.5 Å². The summed E-state index contributed by atoms with van der Waals surface area (Å²) in [6.45, 7) is 8.41. The first-order chi connectivity index (χ1) is 13.2. The second-order valence-electron chi connectivity index (χ2n) is 7.46. The van der Waals surface area contributed by atoms with Crippen LogP contribution in [-0.4, -0.2) is 40.2 Å². The summed E-state index contributed by atoms with van der Waals surface area (Å²) in [7, 11) is 0. The quantitative estimate of drug-likeness (QED) is 0.813. The molecule has 0 saturated carbocycles. The minimum atomic E-state index is -0.168. The number of carbonyl (C=O) groups is 1. The van der Waals surface area contributed by atoms with E-state index in [1.807, 2.05) is 10.7 Å². The van der Waals surface area contributed by atoms with Gasteiger partial charge in [0.05, 0.1) is 17.9 Å². The maximum atomic E-state index is 12.6. The van der Waals surface area contributed by atoms with Gasteiger partial charge in [0.15, 0.2) is 5.76 Å². The fourth-order valence-corrected chi connectivity index (χ4v) is 3.96. The number of nitrogens with zero attached hydrogens (tertiary/aromatic N) is 3. The zero-order chi connectivity index (χ0) is 18.6. The van der Waals surface area contributed by atoms with Crippen LogP contribution in [0.4, 0.5) is 0 Å². The van der Waals surface area contributed by atoms with E-state index in [0.717, 1.165) is 69.1 Å². The van der Waals surface area contributed by atoms with Gasteiger partial charge in [-0.3, -0.25) is 14.4 Å². The van der Waals surface area contributed by atoms with Gasteiger partial charge in [0.1, 0.15) is 5.76 Å². The van der Waals surface area contributed by atoms with Gasteiger partial charge in [-0.2, -0.15) is 5.10 Å². The van der Waals surface area contributed by atoms with Crippen LogP contribution >= 0.6 is 0 Å². The Hall–Kier alpha value is -2.12. The van der Waals surface area contributed by atoms with Crippen molar-refractivity contribution >= 4 is 5.91 Å². The van der Waals surface area contributed by atoms with Crippen molar-refractivity contribution in [1.82, 2.24) is 25.3 Å². The van der Waals surface area contributed by atoms with Crippen molar-refractivity contribution in [2.24, 2.45) is 0 Å². The third-order valence-corrected chi connectivity index (χ3v) is 5.41. The van der Waals surface area contributed by atoms with Gasteiger partial charge in [0.2, 0.25) is 0 Å². The largest absolute Gasteiger partial charge is 0.456 e. The van der Waals surface area contributed by atoms with Gasteiger partial charge in [-0.25, -0.2) is 0 Å². The average molecular weight is 371 g/mol. The second kappa shape index (κ2) is 8.27. The lowest BCUT2D eigenvalue weighted by molar-refractivity contribution is 0.0921. The van der Waals surface area contributed by atoms with Gasteiger partial charge in [-0.05, 0) is 51.0 Å². The van der Waals surface area contributed by atoms with E-state index in [-0.39, 0.29) is 5.91 Å². The zero-order valence-electron chi connectivity index (χ0n) is 16.1. The molecule has 146 valence electrons. The van der Waals surface area contributed by atoms with Crippen LogP contribution in [0.15, 0.2) is 16.5 Å². The van der Waals surface area contributed by atoms with E-state index in [1.54, 1.807) is 0 Å². The number of nitrogens with one attached hydrogen (secondary N) is 2. The molecule has 0 bridgehead atoms. The van der Waals surface area contributed by atoms with Gasteiger partial charge in [0, 0.05) is 31.6 Å². The standard InChI is InChI=1S/C20H29N5O2/c1-2-18-15(14-24-7-3-4-8-24)10-19(27-18)20(26)22-12-16-11-17-13-21-6-5-9-25(17)23-16/h10-11,21H,2-9,12-14H2,1H3,(H,22,26). The summed E-state index contributed by atoms with van der Waals surface area (Å²) in [6, 6.07) is 3.98. The molecule has 0 unspecified atom stereocenters. The molecule has 1 fully saturated rings. The number of aryl methyl sites for hydroxylation is 2. The third kappa shape index (κ3) is 4.25. The molecule has 4 heterocycles. The summed E-state index contributed by atoms with van der Waals surface area (Å²) in [5.74, 6) is 1.16. The smallest absolute Gasteiger partial charge is 0.287 e. The third-order valence-electron chi connectivity index (χ3n) is 5.41. The van der Waals surface area contributed by atoms with Crippen LogP contribution < -0.4 is 10.6 Å². The summed E-state index contributed by atoms with van der Waals surface area (Å²) >= 11 is 0. The molecule has 0 radical (unpaired) electrons. The molecule has 2 aromatic heterocycles. The predicted molar refractivity (Wildman–Crippen MR) is 102 cm³/mol. The molecule has 1 saturated heterocycles. The van der Waals surface area contributed by atoms with Crippen molar-refractivity contribution in [2.45, 2.75) is 58.8 Å². The molecular weight excluding hydrogens is 342 g/mol. The molecule has 0 spiro atoms. The summed E-state index contributed by atoms with van der Waals surface area (Å²) in [5.41, 5.74) is 3.21. The number of hydrogen-bond donors (Lipinski definition) is 2. The van der Waals surface area contributed by atoms with Crippen LogP contribution in [0.5, 0.6) is 0 Å². The maximum absolute atomic E-state index is 12.6. The van der Waals surface area contributed by atoms with Crippen LogP contribution in [0.2, 0.25) is 0 Å². The van der Waals surface area contributed by atoms with Crippen molar-refractivity contribution in [1.29, 1.82) is 0 Å². The molecule has 7 heteroatoms. The monoisotopic (exact) mass is 371 g/mol. The highest BCUT2D eigenvalue weighted by molar-refractivity contribution is 5.91. The first kappa shape index (κ1) is 18.3. The first-order valence-corrected chi connectivity index (χ1v) is 10.1. The first-order valence-electron chi connectivity index (χ1n) is 10.1. The molecule has 2 N–H and O–H groups in total. The minimum Gasteiger partial charge on any atom is -0.456 e. The lowest BCUT2D eigenvalue weighted by atomic mass is 10.2. The fraction of sp³-hybridized carbons (Fsp3) is 0.600. The Kier molecular flexibility index (Phi) is 5.59. The number of rotatable bonds is 6. The van der Waals surface area contributed by atoms with Gasteiger partial charge in [-0.1, -0.05) is 6.92 Å². The highest BCUT2D eigenvalue weighted by atomic mass is 16.4. The summed E-state index contributed by atoms with van der Waals surface area (Å²) in [4.78, 5) is 15.0. The SMILES string of the molecule is CCc1oc(C(=O)NCc2cc3n(n2)CCCNC3)cc1CN1CCCC1. The molecule has 27 heavy (non-hydrogen) atoms. The van der Waals surface area contributed by atoms with Gasteiger partial charge in [0.25, 0.3) is 5.91 Å². The van der Waals surface area contributed by atoms with E-state index in [4.69, 9.17) is 4.42 Å². The van der Waals surface area contributed by atoms with E-state index >= 15 is 0 Å². The summed E-state index contributed by atoms with van der Waals surface area (Å²) < 4.78 is 7.89. The number of carbonyl (C=O) groups excluding carboxylic acids is 1. The second-order valence-corrected chi connectivity index (χ2v) is 7.46. The van der Waals surface area contributed by atoms with Crippen LogP contribution in [0.25, 0.3) is 0 Å². The Balaban J connectivity index is 1.38. The number of furan rings is 1. The van der Waals surface area contributed by atoms with Crippen LogP contribution in [-0.2, 0) is 32.6 Å². The number of amides is 1. The predicted octanol–water partition coefficient (Wildman–Crippen LogP) is 2.06. The zero-order valence-corrected chi connectivity index (χ0v) is 16.1. The molecule has 2 aromatic rings. The van der Waals surface area contributed by atoms with Gasteiger partial charge in [-0.15, -0.1) is 0 Å². The van der Waals surface area contributed by atoms with Gasteiger partial charge < -0.3 is 15.1 Å². The van der Waals surface area contributed by atoms with Crippen molar-refractivity contribution < 1.29 is 9.21 Å². The number of likely N-dealkylation sites (tertiary alicyclic amines) is 1. The molecule has 0 atom stereocenters. The molecule has 2 aliphatic rings. The Bertz CT molecular complexity index is 765. The Morgan fingerprint density at radius 2 is 2.11 bits per heavy atom. The molecule has 2 aliphatic heterocycles. The highest BCUT2D eigenvalue weighted by Crippen LogP contribution is 2.21. The molecule has 7 nitrogen and oxygen atoms in total. The topological polar surface area (TPSA) is 75.3 Å². The van der Waals surface area contributed by atoms with E-state index in [2.05, 4.69) is 33.6 Å². The molecular formula is C20H29N5O2. The normalized spacial score (nSPS) is 17.7. The lowest BCUT2D eigenvalue weighted by Gasteiger charge is -2.13. The van der Waals surface area contributed by atoms with E-state index < -0.39 is 0 Å². The van der Waals surface area contributed by atoms with Crippen molar-refractivity contribution in [3.05, 3.63) is 40.6 Å². The lowest BCUT2D eigenvalue weighted by Crippen LogP contribution is -2.22. The minimum absolute atomic E-state index is 0.168. The number of fused-ring (bicyclic) bond motifs is 1. The van der Waals surface area contributed by atoms with E-state index in [1.165, 1.54) is 18.5 Å². The molecule has 4 rings (SSSR count).